The summed E-state index contributed by atoms with van der Waals surface area (Å²) in [5.41, 5.74) is 0.742. The molecule has 0 bridgehead atoms. The Bertz CT molecular complexity index is 308. The number of hydrogen-bond donors (Lipinski definition) is 0. The molecule has 0 saturated carbocycles. The summed E-state index contributed by atoms with van der Waals surface area (Å²) in [6.45, 7) is 4.05. The zero-order chi connectivity index (χ0) is 9.52. The third-order valence-corrected chi connectivity index (χ3v) is 1.41. The van der Waals surface area contributed by atoms with Gasteiger partial charge in [-0.2, -0.15) is 0 Å². The summed E-state index contributed by atoms with van der Waals surface area (Å²) in [4.78, 5) is 7.99. The maximum atomic E-state index is 5.37. The van der Waals surface area contributed by atoms with Crippen molar-refractivity contribution < 1.29 is 4.74 Å². The summed E-state index contributed by atoms with van der Waals surface area (Å²) in [6.07, 6.45) is 5.07. The van der Waals surface area contributed by atoms with Gasteiger partial charge >= 0.3 is 0 Å². The fourth-order valence-electron chi connectivity index (χ4n) is 0.893. The first-order chi connectivity index (χ1) is 6.38. The molecule has 0 fully saturated rings. The SMILES string of the molecule is C=CCOc1cccnc1C=NC. The molecule has 0 N–H and O–H groups in total. The monoisotopic (exact) mass is 176 g/mol. The van der Waals surface area contributed by atoms with E-state index in [4.69, 9.17) is 4.74 Å². The first kappa shape index (κ1) is 9.45. The van der Waals surface area contributed by atoms with E-state index in [0.717, 1.165) is 11.4 Å². The van der Waals surface area contributed by atoms with Crippen molar-refractivity contribution in [3.8, 4) is 5.75 Å². The highest BCUT2D eigenvalue weighted by atomic mass is 16.5. The lowest BCUT2D eigenvalue weighted by Gasteiger charge is -2.04. The third kappa shape index (κ3) is 2.71. The van der Waals surface area contributed by atoms with Crippen molar-refractivity contribution in [2.24, 2.45) is 4.99 Å². The van der Waals surface area contributed by atoms with E-state index in [1.54, 1.807) is 25.5 Å². The lowest BCUT2D eigenvalue weighted by Crippen LogP contribution is -1.98. The summed E-state index contributed by atoms with van der Waals surface area (Å²) < 4.78 is 5.37. The standard InChI is InChI=1S/C10H12N2O/c1-3-7-13-10-5-4-6-12-9(10)8-11-2/h3-6,8H,1,7H2,2H3. The summed E-state index contributed by atoms with van der Waals surface area (Å²) in [5.74, 6) is 0.730. The summed E-state index contributed by atoms with van der Waals surface area (Å²) in [5, 5.41) is 0. The van der Waals surface area contributed by atoms with Gasteiger partial charge in [0, 0.05) is 13.2 Å². The molecule has 0 spiro atoms. The molecule has 3 heteroatoms. The molecule has 68 valence electrons. The van der Waals surface area contributed by atoms with E-state index in [2.05, 4.69) is 16.6 Å². The molecule has 1 heterocycles. The average molecular weight is 176 g/mol. The van der Waals surface area contributed by atoms with Crippen LogP contribution in [-0.4, -0.2) is 24.9 Å². The van der Waals surface area contributed by atoms with Gasteiger partial charge in [-0.25, -0.2) is 0 Å². The third-order valence-electron chi connectivity index (χ3n) is 1.41. The van der Waals surface area contributed by atoms with Crippen LogP contribution in [0.2, 0.25) is 0 Å². The maximum Gasteiger partial charge on any atom is 0.147 e. The fourth-order valence-corrected chi connectivity index (χ4v) is 0.893. The molecule has 0 atom stereocenters. The molecule has 0 aliphatic carbocycles. The minimum Gasteiger partial charge on any atom is -0.487 e. The highest BCUT2D eigenvalue weighted by Crippen LogP contribution is 2.12. The van der Waals surface area contributed by atoms with Gasteiger partial charge in [0.15, 0.2) is 0 Å². The van der Waals surface area contributed by atoms with E-state index >= 15 is 0 Å². The predicted octanol–water partition coefficient (Wildman–Crippen LogP) is 1.70. The minimum absolute atomic E-state index is 0.482. The van der Waals surface area contributed by atoms with Crippen molar-refractivity contribution in [2.75, 3.05) is 13.7 Å². The van der Waals surface area contributed by atoms with Gasteiger partial charge in [0.05, 0.1) is 6.21 Å². The Morgan fingerprint density at radius 1 is 1.69 bits per heavy atom. The lowest BCUT2D eigenvalue weighted by atomic mass is 10.3. The number of aromatic nitrogens is 1. The Hall–Kier alpha value is -1.64. The summed E-state index contributed by atoms with van der Waals surface area (Å²) in [6, 6.07) is 3.68. The summed E-state index contributed by atoms with van der Waals surface area (Å²) >= 11 is 0. The van der Waals surface area contributed by atoms with Crippen LogP contribution >= 0.6 is 0 Å². The van der Waals surface area contributed by atoms with Crippen LogP contribution in [0.4, 0.5) is 0 Å². The molecule has 1 rings (SSSR count). The minimum atomic E-state index is 0.482. The Morgan fingerprint density at radius 3 is 3.23 bits per heavy atom. The number of hydrogen-bond acceptors (Lipinski definition) is 3. The zero-order valence-corrected chi connectivity index (χ0v) is 7.60. The highest BCUT2D eigenvalue weighted by Gasteiger charge is 1.99. The molecule has 0 saturated heterocycles. The van der Waals surface area contributed by atoms with Crippen LogP contribution < -0.4 is 4.74 Å². The molecule has 0 aliphatic heterocycles. The number of aliphatic imine (C=N–C) groups is 1. The van der Waals surface area contributed by atoms with Gasteiger partial charge < -0.3 is 4.74 Å². The van der Waals surface area contributed by atoms with E-state index in [1.807, 2.05) is 12.1 Å². The van der Waals surface area contributed by atoms with Crippen LogP contribution in [0.3, 0.4) is 0 Å². The molecule has 3 nitrogen and oxygen atoms in total. The number of rotatable bonds is 4. The predicted molar refractivity (Wildman–Crippen MR) is 53.4 cm³/mol. The second-order valence-electron chi connectivity index (χ2n) is 2.37. The van der Waals surface area contributed by atoms with Gasteiger partial charge in [-0.15, -0.1) is 0 Å². The van der Waals surface area contributed by atoms with E-state index < -0.39 is 0 Å². The van der Waals surface area contributed by atoms with Gasteiger partial charge in [0.25, 0.3) is 0 Å². The molecule has 0 aliphatic rings. The maximum absolute atomic E-state index is 5.37. The van der Waals surface area contributed by atoms with Crippen molar-refractivity contribution in [1.29, 1.82) is 0 Å². The molecule has 1 aromatic heterocycles. The Morgan fingerprint density at radius 2 is 2.54 bits per heavy atom. The second-order valence-corrected chi connectivity index (χ2v) is 2.37. The lowest BCUT2D eigenvalue weighted by molar-refractivity contribution is 0.361. The molecule has 13 heavy (non-hydrogen) atoms. The van der Waals surface area contributed by atoms with Crippen molar-refractivity contribution >= 4 is 6.21 Å². The highest BCUT2D eigenvalue weighted by molar-refractivity contribution is 5.80. The topological polar surface area (TPSA) is 34.5 Å². The van der Waals surface area contributed by atoms with Crippen LogP contribution in [0.15, 0.2) is 36.0 Å². The quantitative estimate of drug-likeness (QED) is 0.517. The van der Waals surface area contributed by atoms with Gasteiger partial charge in [0.1, 0.15) is 18.1 Å². The number of nitrogens with zero attached hydrogens (tertiary/aromatic N) is 2. The van der Waals surface area contributed by atoms with Crippen LogP contribution in [0.25, 0.3) is 0 Å². The van der Waals surface area contributed by atoms with Crippen LogP contribution in [0.1, 0.15) is 5.69 Å². The Balaban J connectivity index is 2.83. The Labute approximate surface area is 77.8 Å². The van der Waals surface area contributed by atoms with Crippen LogP contribution in [-0.2, 0) is 0 Å². The van der Waals surface area contributed by atoms with E-state index in [9.17, 15) is 0 Å². The molecular weight excluding hydrogens is 164 g/mol. The second kappa shape index (κ2) is 5.09. The normalized spacial score (nSPS) is 10.2. The Kier molecular flexibility index (Phi) is 3.70. The number of pyridine rings is 1. The van der Waals surface area contributed by atoms with Crippen LogP contribution in [0, 0.1) is 0 Å². The van der Waals surface area contributed by atoms with E-state index in [-0.39, 0.29) is 0 Å². The largest absolute Gasteiger partial charge is 0.487 e. The van der Waals surface area contributed by atoms with Crippen molar-refractivity contribution in [2.45, 2.75) is 0 Å². The molecule has 0 radical (unpaired) electrons. The van der Waals surface area contributed by atoms with Crippen molar-refractivity contribution in [3.63, 3.8) is 0 Å². The van der Waals surface area contributed by atoms with Gasteiger partial charge in [-0.05, 0) is 12.1 Å². The zero-order valence-electron chi connectivity index (χ0n) is 7.60. The van der Waals surface area contributed by atoms with Gasteiger partial charge in [-0.1, -0.05) is 12.7 Å². The smallest absolute Gasteiger partial charge is 0.147 e. The van der Waals surface area contributed by atoms with Gasteiger partial charge in [0.2, 0.25) is 0 Å². The molecular formula is C10H12N2O. The van der Waals surface area contributed by atoms with Gasteiger partial charge in [-0.3, -0.25) is 9.98 Å². The van der Waals surface area contributed by atoms with Crippen molar-refractivity contribution in [1.82, 2.24) is 4.98 Å². The molecule has 0 unspecified atom stereocenters. The van der Waals surface area contributed by atoms with E-state index in [1.165, 1.54) is 0 Å². The van der Waals surface area contributed by atoms with Crippen molar-refractivity contribution in [3.05, 3.63) is 36.7 Å². The number of ether oxygens (including phenoxy) is 1. The average Bonchev–Trinajstić information content (AvgIpc) is 2.17. The molecule has 1 aromatic rings. The molecule has 0 aromatic carbocycles. The first-order valence-electron chi connectivity index (χ1n) is 3.99. The summed E-state index contributed by atoms with van der Waals surface area (Å²) in [7, 11) is 1.70. The fraction of sp³-hybridized carbons (Fsp3) is 0.200. The van der Waals surface area contributed by atoms with E-state index in [0.29, 0.717) is 6.61 Å². The first-order valence-corrected chi connectivity index (χ1v) is 3.99. The molecule has 0 amide bonds. The van der Waals surface area contributed by atoms with Crippen LogP contribution in [0.5, 0.6) is 5.75 Å².